The second-order valence-corrected chi connectivity index (χ2v) is 12.1. The summed E-state index contributed by atoms with van der Waals surface area (Å²) in [6.45, 7) is 5.10. The van der Waals surface area contributed by atoms with E-state index in [0.717, 1.165) is 31.4 Å². The van der Waals surface area contributed by atoms with E-state index >= 15 is 0 Å². The molecule has 5 heteroatoms. The van der Waals surface area contributed by atoms with Gasteiger partial charge in [0.15, 0.2) is 0 Å². The number of fused-ring (bicyclic) bond motifs is 9. The summed E-state index contributed by atoms with van der Waals surface area (Å²) in [7, 11) is -1.31. The van der Waals surface area contributed by atoms with Crippen LogP contribution in [0.2, 0.25) is 0 Å². The number of carbonyl (C=O) groups excluding carboxylic acids is 1. The Morgan fingerprint density at radius 3 is 2.82 bits per heavy atom. The largest absolute Gasteiger partial charge is 0.392 e. The molecule has 1 N–H and O–H groups in total. The van der Waals surface area contributed by atoms with Crippen LogP contribution in [-0.2, 0) is 15.6 Å². The number of rotatable bonds is 3. The summed E-state index contributed by atoms with van der Waals surface area (Å²) in [6.07, 6.45) is 13.9. The third-order valence-electron chi connectivity index (χ3n) is 9.61. The lowest BCUT2D eigenvalue weighted by Crippen LogP contribution is -2.55. The van der Waals surface area contributed by atoms with Crippen molar-refractivity contribution in [2.75, 3.05) is 12.3 Å². The standard InChI is InChI=1S/C23H29NO3S/c1-21(2)15-8-9-22(21,18(25)12-15)13-28(27)23-16-7-6-14(11-16)19(23)17-5-3-4-10-24(17)20(23)26/h3-7,14-16,18-19,25H,8-13H2,1-2H3/t14-,15-,16+,18+,19-,22-,23+,28?/m0/s1. The van der Waals surface area contributed by atoms with Gasteiger partial charge < -0.3 is 10.0 Å². The molecule has 0 aromatic carbocycles. The molecule has 0 aromatic rings. The van der Waals surface area contributed by atoms with Gasteiger partial charge in [0.05, 0.1) is 6.10 Å². The van der Waals surface area contributed by atoms with Gasteiger partial charge in [-0.15, -0.1) is 0 Å². The Morgan fingerprint density at radius 1 is 1.29 bits per heavy atom. The van der Waals surface area contributed by atoms with Crippen LogP contribution in [0.4, 0.5) is 0 Å². The monoisotopic (exact) mass is 399 g/mol. The van der Waals surface area contributed by atoms with Crippen molar-refractivity contribution in [1.82, 2.24) is 4.90 Å². The lowest BCUT2D eigenvalue weighted by atomic mass is 9.70. The SMILES string of the molecule is CC1(C)[C@H]2CC[C@]1(CS(=O)[C@@]13C(=O)N4CC=CC=C4[C@@H]1[C@H]1C=C[C@@H]3C1)[C@H](O)C2. The van der Waals surface area contributed by atoms with Gasteiger partial charge in [-0.25, -0.2) is 0 Å². The Labute approximate surface area is 169 Å². The zero-order valence-electron chi connectivity index (χ0n) is 16.6. The molecule has 6 rings (SSSR count). The van der Waals surface area contributed by atoms with Crippen LogP contribution in [0.15, 0.2) is 36.1 Å². The van der Waals surface area contributed by atoms with Gasteiger partial charge in [0, 0.05) is 46.0 Å². The van der Waals surface area contributed by atoms with Crippen molar-refractivity contribution >= 4 is 16.7 Å². The van der Waals surface area contributed by atoms with Crippen LogP contribution in [0.1, 0.15) is 39.5 Å². The molecule has 4 nitrogen and oxygen atoms in total. The first-order valence-electron chi connectivity index (χ1n) is 10.8. The molecule has 0 radical (unpaired) electrons. The number of carbonyl (C=O) groups is 1. The molecule has 2 heterocycles. The van der Waals surface area contributed by atoms with Crippen LogP contribution in [-0.4, -0.2) is 43.3 Å². The molecule has 8 atom stereocenters. The summed E-state index contributed by atoms with van der Waals surface area (Å²) in [5.74, 6) is 1.46. The van der Waals surface area contributed by atoms with E-state index in [1.54, 1.807) is 0 Å². The molecule has 4 bridgehead atoms. The summed E-state index contributed by atoms with van der Waals surface area (Å²) in [5.41, 5.74) is 0.742. The average Bonchev–Trinajstić information content (AvgIpc) is 3.42. The number of hydrogen-bond donors (Lipinski definition) is 1. The highest BCUT2D eigenvalue weighted by Crippen LogP contribution is 2.68. The summed E-state index contributed by atoms with van der Waals surface area (Å²) in [6, 6.07) is 0. The van der Waals surface area contributed by atoms with E-state index in [-0.39, 0.29) is 28.6 Å². The van der Waals surface area contributed by atoms with Crippen molar-refractivity contribution in [2.24, 2.45) is 34.5 Å². The molecule has 4 aliphatic carbocycles. The van der Waals surface area contributed by atoms with Gasteiger partial charge in [0.1, 0.15) is 4.75 Å². The molecule has 0 aromatic heterocycles. The third-order valence-corrected chi connectivity index (χ3v) is 11.9. The minimum atomic E-state index is -1.31. The maximum Gasteiger partial charge on any atom is 0.247 e. The first-order chi connectivity index (χ1) is 13.3. The predicted octanol–water partition coefficient (Wildman–Crippen LogP) is 2.78. The maximum absolute atomic E-state index is 14.2. The number of nitrogens with zero attached hydrogens (tertiary/aromatic N) is 1. The van der Waals surface area contributed by atoms with Crippen molar-refractivity contribution < 1.29 is 14.1 Å². The molecular weight excluding hydrogens is 370 g/mol. The second kappa shape index (κ2) is 5.28. The average molecular weight is 400 g/mol. The van der Waals surface area contributed by atoms with Gasteiger partial charge in [0.2, 0.25) is 5.91 Å². The van der Waals surface area contributed by atoms with Crippen LogP contribution in [0.5, 0.6) is 0 Å². The summed E-state index contributed by atoms with van der Waals surface area (Å²) >= 11 is 0. The van der Waals surface area contributed by atoms with E-state index in [0.29, 0.717) is 24.1 Å². The minimum absolute atomic E-state index is 0.0167. The Balaban J connectivity index is 1.44. The van der Waals surface area contributed by atoms with Crippen LogP contribution in [0, 0.1) is 34.5 Å². The Morgan fingerprint density at radius 2 is 2.11 bits per heavy atom. The topological polar surface area (TPSA) is 57.6 Å². The Hall–Kier alpha value is -1.20. The lowest BCUT2D eigenvalue weighted by molar-refractivity contribution is -0.129. The van der Waals surface area contributed by atoms with Crippen molar-refractivity contribution in [1.29, 1.82) is 0 Å². The van der Waals surface area contributed by atoms with Crippen molar-refractivity contribution in [3.05, 3.63) is 36.1 Å². The van der Waals surface area contributed by atoms with Gasteiger partial charge >= 0.3 is 0 Å². The van der Waals surface area contributed by atoms with Gasteiger partial charge in [-0.2, -0.15) is 0 Å². The highest BCUT2D eigenvalue weighted by Gasteiger charge is 2.73. The number of aliphatic hydroxyl groups excluding tert-OH is 1. The van der Waals surface area contributed by atoms with Crippen molar-refractivity contribution in [2.45, 2.75) is 50.4 Å². The third kappa shape index (κ3) is 1.70. The van der Waals surface area contributed by atoms with Crippen molar-refractivity contribution in [3.8, 4) is 0 Å². The molecular formula is C23H29NO3S. The first kappa shape index (κ1) is 17.6. The fourth-order valence-corrected chi connectivity index (χ4v) is 10.7. The molecule has 3 saturated carbocycles. The van der Waals surface area contributed by atoms with E-state index < -0.39 is 21.7 Å². The molecule has 2 aliphatic heterocycles. The van der Waals surface area contributed by atoms with Crippen LogP contribution in [0.3, 0.4) is 0 Å². The van der Waals surface area contributed by atoms with Gasteiger partial charge in [-0.1, -0.05) is 38.2 Å². The molecule has 1 saturated heterocycles. The highest BCUT2D eigenvalue weighted by atomic mass is 32.2. The normalized spacial score (nSPS) is 50.2. The van der Waals surface area contributed by atoms with Gasteiger partial charge in [-0.05, 0) is 49.0 Å². The summed E-state index contributed by atoms with van der Waals surface area (Å²) in [5, 5.41) is 11.0. The lowest BCUT2D eigenvalue weighted by Gasteiger charge is -2.43. The van der Waals surface area contributed by atoms with Crippen LogP contribution >= 0.6 is 0 Å². The quantitative estimate of drug-likeness (QED) is 0.743. The highest BCUT2D eigenvalue weighted by molar-refractivity contribution is 7.87. The number of allylic oxidation sites excluding steroid dienone is 5. The minimum Gasteiger partial charge on any atom is -0.392 e. The Kier molecular flexibility index (Phi) is 3.33. The number of aliphatic hydroxyl groups is 1. The maximum atomic E-state index is 14.2. The second-order valence-electron chi connectivity index (χ2n) is 10.5. The molecule has 150 valence electrons. The first-order valence-corrected chi connectivity index (χ1v) is 12.1. The summed E-state index contributed by atoms with van der Waals surface area (Å²) in [4.78, 5) is 15.6. The fourth-order valence-electron chi connectivity index (χ4n) is 7.92. The Bertz CT molecular complexity index is 888. The fraction of sp³-hybridized carbons (Fsp3) is 0.696. The van der Waals surface area contributed by atoms with E-state index in [2.05, 4.69) is 32.1 Å². The molecule has 1 unspecified atom stereocenters. The predicted molar refractivity (Wildman–Crippen MR) is 108 cm³/mol. The van der Waals surface area contributed by atoms with Gasteiger partial charge in [-0.3, -0.25) is 9.00 Å². The van der Waals surface area contributed by atoms with E-state index in [4.69, 9.17) is 0 Å². The van der Waals surface area contributed by atoms with E-state index in [9.17, 15) is 14.1 Å². The molecule has 1 amide bonds. The van der Waals surface area contributed by atoms with E-state index in [1.165, 1.54) is 0 Å². The van der Waals surface area contributed by atoms with E-state index in [1.807, 2.05) is 17.1 Å². The van der Waals surface area contributed by atoms with Gasteiger partial charge in [0.25, 0.3) is 0 Å². The zero-order valence-corrected chi connectivity index (χ0v) is 17.5. The number of amides is 1. The zero-order chi connectivity index (χ0) is 19.5. The van der Waals surface area contributed by atoms with Crippen LogP contribution < -0.4 is 0 Å². The molecule has 4 fully saturated rings. The molecule has 28 heavy (non-hydrogen) atoms. The molecule has 6 aliphatic rings. The van der Waals surface area contributed by atoms with Crippen molar-refractivity contribution in [3.63, 3.8) is 0 Å². The number of hydrogen-bond acceptors (Lipinski definition) is 3. The van der Waals surface area contributed by atoms with Crippen LogP contribution in [0.25, 0.3) is 0 Å². The summed E-state index contributed by atoms with van der Waals surface area (Å²) < 4.78 is 13.4. The molecule has 0 spiro atoms. The smallest absolute Gasteiger partial charge is 0.247 e.